The summed E-state index contributed by atoms with van der Waals surface area (Å²) >= 11 is 7.00. The summed E-state index contributed by atoms with van der Waals surface area (Å²) in [6, 6.07) is 8.41. The van der Waals surface area contributed by atoms with Crippen LogP contribution in [0.5, 0.6) is 0 Å². The summed E-state index contributed by atoms with van der Waals surface area (Å²) in [6.07, 6.45) is 4.92. The summed E-state index contributed by atoms with van der Waals surface area (Å²) in [5.74, 6) is 6.58. The van der Waals surface area contributed by atoms with Gasteiger partial charge in [0, 0.05) is 45.4 Å². The third-order valence-electron chi connectivity index (χ3n) is 3.11. The highest BCUT2D eigenvalue weighted by Gasteiger charge is 2.12. The molecule has 0 radical (unpaired) electrons. The number of hydrogen-bond donors (Lipinski definition) is 2. The molecule has 0 spiro atoms. The number of nitrogens with two attached hydrogens (primary N) is 1. The second-order valence-corrected chi connectivity index (χ2v) is 7.42. The Morgan fingerprint density at radius 3 is 3.05 bits per heavy atom. The van der Waals surface area contributed by atoms with Crippen LogP contribution in [0.4, 0.5) is 0 Å². The first kappa shape index (κ1) is 15.1. The smallest absolute Gasteiger partial charge is 0.193 e. The number of fused-ring (bicyclic) bond motifs is 1. The lowest BCUT2D eigenvalue weighted by molar-refractivity contribution is 0.570. The number of hydrogen-bond acceptors (Lipinski definition) is 5. The minimum absolute atomic E-state index is 0.187. The van der Waals surface area contributed by atoms with Crippen LogP contribution in [0.25, 0.3) is 4.96 Å². The number of nitrogens with one attached hydrogen (secondary N) is 1. The van der Waals surface area contributed by atoms with Crippen molar-refractivity contribution in [2.24, 2.45) is 5.84 Å². The molecule has 21 heavy (non-hydrogen) atoms. The molecule has 0 amide bonds. The van der Waals surface area contributed by atoms with E-state index in [1.54, 1.807) is 23.1 Å². The molecular weight excluding hydrogens is 368 g/mol. The molecule has 3 rings (SSSR count). The number of rotatable bonds is 6. The number of imidazole rings is 1. The van der Waals surface area contributed by atoms with E-state index in [1.807, 2.05) is 23.7 Å². The summed E-state index contributed by atoms with van der Waals surface area (Å²) in [5.41, 5.74) is 3.96. The van der Waals surface area contributed by atoms with Crippen LogP contribution in [0.15, 0.2) is 51.4 Å². The molecule has 2 heterocycles. The highest BCUT2D eigenvalue weighted by Crippen LogP contribution is 2.27. The first-order chi connectivity index (χ1) is 10.3. The van der Waals surface area contributed by atoms with Gasteiger partial charge in [-0.25, -0.2) is 4.98 Å². The summed E-state index contributed by atoms with van der Waals surface area (Å²) < 4.78 is 3.17. The van der Waals surface area contributed by atoms with Crippen molar-refractivity contribution in [1.82, 2.24) is 14.8 Å². The van der Waals surface area contributed by atoms with Gasteiger partial charge in [-0.1, -0.05) is 12.1 Å². The molecule has 0 saturated carbocycles. The zero-order chi connectivity index (χ0) is 14.7. The van der Waals surface area contributed by atoms with Crippen LogP contribution in [-0.2, 0) is 6.42 Å². The predicted molar refractivity (Wildman–Crippen MR) is 92.8 cm³/mol. The van der Waals surface area contributed by atoms with E-state index >= 15 is 0 Å². The third-order valence-corrected chi connectivity index (χ3v) is 6.07. The quantitative estimate of drug-likeness (QED) is 0.390. The lowest BCUT2D eigenvalue weighted by Crippen LogP contribution is -2.38. The molecule has 0 fully saturated rings. The van der Waals surface area contributed by atoms with Crippen LogP contribution >= 0.6 is 39.0 Å². The predicted octanol–water partition coefficient (Wildman–Crippen LogP) is 3.33. The van der Waals surface area contributed by atoms with Crippen LogP contribution in [0.2, 0.25) is 0 Å². The second-order valence-electron chi connectivity index (χ2n) is 4.63. The van der Waals surface area contributed by atoms with E-state index in [4.69, 9.17) is 5.84 Å². The Labute approximate surface area is 139 Å². The standard InChI is InChI=1S/C14H15BrN4S2/c15-12-3-1-2-4-13(12)21-9-11(18-16)7-10-8-19-5-6-20-14(19)17-10/h1-6,8,11,18H,7,9,16H2. The van der Waals surface area contributed by atoms with Crippen molar-refractivity contribution in [2.75, 3.05) is 5.75 Å². The van der Waals surface area contributed by atoms with Gasteiger partial charge in [0.15, 0.2) is 4.96 Å². The normalized spacial score (nSPS) is 12.9. The Bertz CT molecular complexity index is 696. The SMILES string of the molecule is NNC(CSc1ccccc1Br)Cc1cn2ccsc2n1. The van der Waals surface area contributed by atoms with Gasteiger partial charge in [0.05, 0.1) is 5.69 Å². The van der Waals surface area contributed by atoms with Gasteiger partial charge in [0.25, 0.3) is 0 Å². The third kappa shape index (κ3) is 3.67. The van der Waals surface area contributed by atoms with E-state index in [2.05, 4.69) is 49.1 Å². The zero-order valence-corrected chi connectivity index (χ0v) is 14.4. The largest absolute Gasteiger partial charge is 0.297 e. The molecule has 0 bridgehead atoms. The van der Waals surface area contributed by atoms with E-state index < -0.39 is 0 Å². The zero-order valence-electron chi connectivity index (χ0n) is 11.2. The Kier molecular flexibility index (Phi) is 4.97. The van der Waals surface area contributed by atoms with Crippen LogP contribution in [0.1, 0.15) is 5.69 Å². The van der Waals surface area contributed by atoms with Crippen molar-refractivity contribution in [3.8, 4) is 0 Å². The van der Waals surface area contributed by atoms with Gasteiger partial charge in [-0.15, -0.1) is 23.1 Å². The number of thioether (sulfide) groups is 1. The fourth-order valence-corrected chi connectivity index (χ4v) is 4.37. The summed E-state index contributed by atoms with van der Waals surface area (Å²) in [5, 5.41) is 2.04. The highest BCUT2D eigenvalue weighted by atomic mass is 79.9. The van der Waals surface area contributed by atoms with E-state index in [9.17, 15) is 0 Å². The number of hydrazine groups is 1. The molecule has 1 aromatic carbocycles. The molecule has 4 nitrogen and oxygen atoms in total. The molecular formula is C14H15BrN4S2. The lowest BCUT2D eigenvalue weighted by atomic mass is 10.2. The number of benzene rings is 1. The molecule has 3 aromatic rings. The van der Waals surface area contributed by atoms with E-state index in [0.29, 0.717) is 0 Å². The first-order valence-electron chi connectivity index (χ1n) is 6.51. The average Bonchev–Trinajstić information content (AvgIpc) is 3.06. The topological polar surface area (TPSA) is 55.3 Å². The highest BCUT2D eigenvalue weighted by molar-refractivity contribution is 9.10. The van der Waals surface area contributed by atoms with Crippen LogP contribution in [0, 0.1) is 0 Å². The minimum Gasteiger partial charge on any atom is -0.297 e. The average molecular weight is 383 g/mol. The molecule has 0 aliphatic heterocycles. The molecule has 7 heteroatoms. The summed E-state index contributed by atoms with van der Waals surface area (Å²) in [6.45, 7) is 0. The molecule has 0 saturated heterocycles. The van der Waals surface area contributed by atoms with Gasteiger partial charge in [0.1, 0.15) is 0 Å². The molecule has 110 valence electrons. The summed E-state index contributed by atoms with van der Waals surface area (Å²) in [4.78, 5) is 6.85. The summed E-state index contributed by atoms with van der Waals surface area (Å²) in [7, 11) is 0. The van der Waals surface area contributed by atoms with Gasteiger partial charge in [0.2, 0.25) is 0 Å². The molecule has 0 aliphatic rings. The number of halogens is 1. The van der Waals surface area contributed by atoms with Gasteiger partial charge >= 0.3 is 0 Å². The van der Waals surface area contributed by atoms with Crippen LogP contribution in [-0.4, -0.2) is 21.2 Å². The van der Waals surface area contributed by atoms with E-state index in [1.165, 1.54) is 4.90 Å². The van der Waals surface area contributed by atoms with Crippen molar-refractivity contribution in [3.05, 3.63) is 52.2 Å². The molecule has 1 unspecified atom stereocenters. The van der Waals surface area contributed by atoms with E-state index in [0.717, 1.165) is 27.3 Å². The maximum Gasteiger partial charge on any atom is 0.193 e. The lowest BCUT2D eigenvalue weighted by Gasteiger charge is -2.14. The molecule has 3 N–H and O–H groups in total. The Morgan fingerprint density at radius 1 is 1.43 bits per heavy atom. The number of thiazole rings is 1. The molecule has 1 atom stereocenters. The van der Waals surface area contributed by atoms with Crippen LogP contribution < -0.4 is 11.3 Å². The Morgan fingerprint density at radius 2 is 2.29 bits per heavy atom. The number of nitrogens with zero attached hydrogens (tertiary/aromatic N) is 2. The van der Waals surface area contributed by atoms with Gasteiger partial charge in [-0.05, 0) is 28.1 Å². The maximum atomic E-state index is 5.69. The van der Waals surface area contributed by atoms with Crippen molar-refractivity contribution in [3.63, 3.8) is 0 Å². The maximum absolute atomic E-state index is 5.69. The second kappa shape index (κ2) is 6.93. The fraction of sp³-hybridized carbons (Fsp3) is 0.214. The van der Waals surface area contributed by atoms with Gasteiger partial charge < -0.3 is 0 Å². The fourth-order valence-electron chi connectivity index (χ4n) is 2.05. The Balaban J connectivity index is 1.62. The number of aromatic nitrogens is 2. The molecule has 2 aromatic heterocycles. The van der Waals surface area contributed by atoms with Crippen molar-refractivity contribution in [2.45, 2.75) is 17.4 Å². The van der Waals surface area contributed by atoms with Crippen LogP contribution in [0.3, 0.4) is 0 Å². The van der Waals surface area contributed by atoms with Crippen molar-refractivity contribution in [1.29, 1.82) is 0 Å². The Hall–Kier alpha value is -0.860. The molecule has 0 aliphatic carbocycles. The minimum atomic E-state index is 0.187. The first-order valence-corrected chi connectivity index (χ1v) is 9.16. The monoisotopic (exact) mass is 382 g/mol. The van der Waals surface area contributed by atoms with E-state index in [-0.39, 0.29) is 6.04 Å². The van der Waals surface area contributed by atoms with Gasteiger partial charge in [-0.3, -0.25) is 15.7 Å². The van der Waals surface area contributed by atoms with Crippen molar-refractivity contribution >= 4 is 44.0 Å². The van der Waals surface area contributed by atoms with Gasteiger partial charge in [-0.2, -0.15) is 0 Å². The van der Waals surface area contributed by atoms with Crippen molar-refractivity contribution < 1.29 is 0 Å².